The molecule has 2 aliphatic rings. The number of anilines is 1. The molecule has 4 heterocycles. The number of hydrogen-bond acceptors (Lipinski definition) is 6. The van der Waals surface area contributed by atoms with Crippen molar-refractivity contribution < 1.29 is 4.74 Å². The van der Waals surface area contributed by atoms with Crippen molar-refractivity contribution in [2.75, 3.05) is 25.0 Å². The summed E-state index contributed by atoms with van der Waals surface area (Å²) in [6.07, 6.45) is 7.34. The first kappa shape index (κ1) is 14.1. The number of aromatic nitrogens is 2. The molecule has 2 saturated heterocycles. The van der Waals surface area contributed by atoms with Crippen LogP contribution in [0.1, 0.15) is 17.7 Å². The van der Waals surface area contributed by atoms with Gasteiger partial charge in [-0.25, -0.2) is 4.98 Å². The molecule has 2 aromatic heterocycles. The Hall–Kier alpha value is -1.50. The van der Waals surface area contributed by atoms with E-state index in [1.165, 1.54) is 4.88 Å². The smallest absolute Gasteiger partial charge is 0.144 e. The summed E-state index contributed by atoms with van der Waals surface area (Å²) in [4.78, 5) is 12.3. The number of nitrogens with zero attached hydrogens (tertiary/aromatic N) is 3. The molecule has 2 aliphatic heterocycles. The topological polar surface area (TPSA) is 50.3 Å². The Labute approximate surface area is 134 Å². The molecule has 0 aromatic carbocycles. The van der Waals surface area contributed by atoms with E-state index in [0.717, 1.165) is 44.9 Å². The molecular formula is C16H20N4OS. The lowest BCUT2D eigenvalue weighted by Crippen LogP contribution is -2.33. The molecule has 1 spiro atoms. The lowest BCUT2D eigenvalue weighted by atomic mass is 9.97. The summed E-state index contributed by atoms with van der Waals surface area (Å²) in [6.45, 7) is 3.95. The molecule has 2 fully saturated rings. The Morgan fingerprint density at radius 2 is 2.45 bits per heavy atom. The number of rotatable bonds is 4. The number of nitrogens with one attached hydrogen (secondary N) is 1. The van der Waals surface area contributed by atoms with E-state index in [4.69, 9.17) is 4.74 Å². The first-order chi connectivity index (χ1) is 10.8. The second kappa shape index (κ2) is 5.95. The maximum Gasteiger partial charge on any atom is 0.144 e. The zero-order valence-electron chi connectivity index (χ0n) is 12.4. The van der Waals surface area contributed by atoms with Crippen LogP contribution < -0.4 is 5.32 Å². The highest BCUT2D eigenvalue weighted by atomic mass is 32.1. The van der Waals surface area contributed by atoms with Crippen LogP contribution in [0, 0.1) is 0 Å². The van der Waals surface area contributed by atoms with Gasteiger partial charge < -0.3 is 10.1 Å². The van der Waals surface area contributed by atoms with Gasteiger partial charge in [0.2, 0.25) is 0 Å². The maximum atomic E-state index is 6.19. The fourth-order valence-electron chi connectivity index (χ4n) is 3.49. The molecule has 6 heteroatoms. The molecule has 22 heavy (non-hydrogen) atoms. The van der Waals surface area contributed by atoms with Crippen LogP contribution in [0.5, 0.6) is 0 Å². The maximum absolute atomic E-state index is 6.19. The van der Waals surface area contributed by atoms with Crippen molar-refractivity contribution in [3.63, 3.8) is 0 Å². The standard InChI is InChI=1S/C16H20N4OS/c1-2-14(22-7-1)10-20-6-3-16(12-20)8-13(11-21-16)19-15-9-17-4-5-18-15/h1-2,4-5,7,9,13H,3,6,8,10-12H2,(H,18,19)/t13-,16-/m1/s1. The van der Waals surface area contributed by atoms with E-state index in [0.29, 0.717) is 6.04 Å². The lowest BCUT2D eigenvalue weighted by molar-refractivity contribution is 0.0120. The molecule has 0 radical (unpaired) electrons. The zero-order valence-corrected chi connectivity index (χ0v) is 13.3. The molecule has 0 bridgehead atoms. The summed E-state index contributed by atoms with van der Waals surface area (Å²) in [5.74, 6) is 0.835. The minimum Gasteiger partial charge on any atom is -0.371 e. The highest BCUT2D eigenvalue weighted by molar-refractivity contribution is 7.09. The average Bonchev–Trinajstić information content (AvgIpc) is 3.25. The molecule has 5 nitrogen and oxygen atoms in total. The van der Waals surface area contributed by atoms with Crippen molar-refractivity contribution in [2.45, 2.75) is 31.0 Å². The first-order valence-corrected chi connectivity index (χ1v) is 8.61. The van der Waals surface area contributed by atoms with Gasteiger partial charge in [0.15, 0.2) is 0 Å². The van der Waals surface area contributed by atoms with Gasteiger partial charge in [-0.05, 0) is 17.9 Å². The van der Waals surface area contributed by atoms with Crippen LogP contribution in [-0.4, -0.2) is 46.2 Å². The van der Waals surface area contributed by atoms with Crippen LogP contribution in [0.2, 0.25) is 0 Å². The van der Waals surface area contributed by atoms with Crippen molar-refractivity contribution in [3.8, 4) is 0 Å². The van der Waals surface area contributed by atoms with Crippen LogP contribution in [0.25, 0.3) is 0 Å². The SMILES string of the molecule is c1csc(CN2CC[C@@]3(C[C@@H](Nc4cnccn4)CO3)C2)c1. The van der Waals surface area contributed by atoms with Gasteiger partial charge in [-0.2, -0.15) is 0 Å². The monoisotopic (exact) mass is 316 g/mol. The number of thiophene rings is 1. The summed E-state index contributed by atoms with van der Waals surface area (Å²) >= 11 is 1.83. The van der Waals surface area contributed by atoms with Crippen LogP contribution in [0.3, 0.4) is 0 Å². The molecule has 0 saturated carbocycles. The third kappa shape index (κ3) is 2.99. The second-order valence-corrected chi connectivity index (χ2v) is 7.20. The number of ether oxygens (including phenoxy) is 1. The van der Waals surface area contributed by atoms with Gasteiger partial charge in [-0.1, -0.05) is 6.07 Å². The molecule has 2 atom stereocenters. The molecule has 0 unspecified atom stereocenters. The van der Waals surface area contributed by atoms with Crippen molar-refractivity contribution in [1.29, 1.82) is 0 Å². The average molecular weight is 316 g/mol. The Kier molecular flexibility index (Phi) is 3.82. The van der Waals surface area contributed by atoms with E-state index >= 15 is 0 Å². The minimum atomic E-state index is 0.0249. The van der Waals surface area contributed by atoms with E-state index < -0.39 is 0 Å². The van der Waals surface area contributed by atoms with Gasteiger partial charge in [0, 0.05) is 43.3 Å². The van der Waals surface area contributed by atoms with Crippen LogP contribution >= 0.6 is 11.3 Å². The van der Waals surface area contributed by atoms with E-state index in [1.807, 2.05) is 11.3 Å². The van der Waals surface area contributed by atoms with Gasteiger partial charge in [0.1, 0.15) is 5.82 Å². The van der Waals surface area contributed by atoms with Crippen LogP contribution in [0.15, 0.2) is 36.1 Å². The second-order valence-electron chi connectivity index (χ2n) is 6.17. The van der Waals surface area contributed by atoms with Crippen molar-refractivity contribution in [3.05, 3.63) is 41.0 Å². The lowest BCUT2D eigenvalue weighted by Gasteiger charge is -2.23. The van der Waals surface area contributed by atoms with E-state index in [2.05, 4.69) is 37.7 Å². The summed E-state index contributed by atoms with van der Waals surface area (Å²) in [5, 5.41) is 5.58. The van der Waals surface area contributed by atoms with E-state index in [-0.39, 0.29) is 5.60 Å². The van der Waals surface area contributed by atoms with E-state index in [1.54, 1.807) is 18.6 Å². The Bertz CT molecular complexity index is 606. The molecule has 2 aromatic rings. The van der Waals surface area contributed by atoms with Crippen molar-refractivity contribution in [2.24, 2.45) is 0 Å². The predicted octanol–water partition coefficient (Wildman–Crippen LogP) is 2.38. The molecular weight excluding hydrogens is 296 g/mol. The van der Waals surface area contributed by atoms with Gasteiger partial charge in [0.25, 0.3) is 0 Å². The highest BCUT2D eigenvalue weighted by Crippen LogP contribution is 2.36. The number of hydrogen-bond donors (Lipinski definition) is 1. The van der Waals surface area contributed by atoms with Gasteiger partial charge in [0.05, 0.1) is 24.4 Å². The minimum absolute atomic E-state index is 0.0249. The van der Waals surface area contributed by atoms with Crippen molar-refractivity contribution in [1.82, 2.24) is 14.9 Å². The summed E-state index contributed by atoms with van der Waals surface area (Å²) in [6, 6.07) is 4.67. The predicted molar refractivity (Wildman–Crippen MR) is 87.0 cm³/mol. The Balaban J connectivity index is 1.34. The largest absolute Gasteiger partial charge is 0.371 e. The molecule has 4 rings (SSSR count). The van der Waals surface area contributed by atoms with E-state index in [9.17, 15) is 0 Å². The molecule has 116 valence electrons. The fourth-order valence-corrected chi connectivity index (χ4v) is 4.24. The number of likely N-dealkylation sites (tertiary alicyclic amines) is 1. The summed E-state index contributed by atoms with van der Waals surface area (Å²) < 4.78 is 6.19. The Morgan fingerprint density at radius 3 is 3.27 bits per heavy atom. The third-order valence-electron chi connectivity index (χ3n) is 4.48. The third-order valence-corrected chi connectivity index (χ3v) is 5.34. The van der Waals surface area contributed by atoms with Crippen molar-refractivity contribution >= 4 is 17.2 Å². The first-order valence-electron chi connectivity index (χ1n) is 7.73. The molecule has 1 N–H and O–H groups in total. The molecule has 0 aliphatic carbocycles. The van der Waals surface area contributed by atoms with Gasteiger partial charge in [-0.15, -0.1) is 11.3 Å². The normalized spacial score (nSPS) is 28.5. The quantitative estimate of drug-likeness (QED) is 0.938. The van der Waals surface area contributed by atoms with Gasteiger partial charge in [-0.3, -0.25) is 9.88 Å². The molecule has 0 amide bonds. The van der Waals surface area contributed by atoms with Crippen LogP contribution in [-0.2, 0) is 11.3 Å². The summed E-state index contributed by atoms with van der Waals surface area (Å²) in [7, 11) is 0. The van der Waals surface area contributed by atoms with Gasteiger partial charge >= 0.3 is 0 Å². The fraction of sp³-hybridized carbons (Fsp3) is 0.500. The summed E-state index contributed by atoms with van der Waals surface area (Å²) in [5.41, 5.74) is 0.0249. The zero-order chi connectivity index (χ0) is 14.8. The van der Waals surface area contributed by atoms with Crippen LogP contribution in [0.4, 0.5) is 5.82 Å². The highest BCUT2D eigenvalue weighted by Gasteiger charge is 2.45. The Morgan fingerprint density at radius 1 is 1.45 bits per heavy atom.